The maximum absolute atomic E-state index is 12.1. The number of amides is 2. The van der Waals surface area contributed by atoms with E-state index in [1.165, 1.54) is 33.5 Å². The molecule has 0 unspecified atom stereocenters. The molecule has 0 bridgehead atoms. The minimum absolute atomic E-state index is 0.0450. The van der Waals surface area contributed by atoms with Gasteiger partial charge in [-0.3, -0.25) is 0 Å². The number of nitrogens with zero attached hydrogens (tertiary/aromatic N) is 4. The molecule has 7 heteroatoms. The van der Waals surface area contributed by atoms with Gasteiger partial charge in [-0.15, -0.1) is 11.3 Å². The minimum Gasteiger partial charge on any atom is -0.352 e. The summed E-state index contributed by atoms with van der Waals surface area (Å²) in [6.07, 6.45) is 5.53. The van der Waals surface area contributed by atoms with E-state index in [2.05, 4.69) is 24.1 Å². The van der Waals surface area contributed by atoms with Crippen molar-refractivity contribution in [2.45, 2.75) is 52.9 Å². The summed E-state index contributed by atoms with van der Waals surface area (Å²) in [6.45, 7) is 10.3. The summed E-state index contributed by atoms with van der Waals surface area (Å²) in [5.74, 6) is 2.83. The number of fused-ring (bicyclic) bond motifs is 3. The third-order valence-electron chi connectivity index (χ3n) is 5.85. The van der Waals surface area contributed by atoms with E-state index in [0.29, 0.717) is 6.54 Å². The molecule has 0 saturated carbocycles. The number of piperazine rings is 1. The lowest BCUT2D eigenvalue weighted by molar-refractivity contribution is 0.195. The van der Waals surface area contributed by atoms with Gasteiger partial charge >= 0.3 is 6.03 Å². The molecule has 1 aliphatic heterocycles. The average molecular weight is 402 g/mol. The van der Waals surface area contributed by atoms with Gasteiger partial charge in [0.2, 0.25) is 0 Å². The maximum Gasteiger partial charge on any atom is 0.317 e. The van der Waals surface area contributed by atoms with Crippen LogP contribution in [0.4, 0.5) is 10.6 Å². The molecule has 1 saturated heterocycles. The van der Waals surface area contributed by atoms with E-state index < -0.39 is 0 Å². The number of aryl methyl sites for hydroxylation is 2. The van der Waals surface area contributed by atoms with Crippen molar-refractivity contribution < 1.29 is 4.79 Å². The highest BCUT2D eigenvalue weighted by Gasteiger charge is 2.28. The SMILES string of the molecule is CCCc1nc(N2CCN(C(=O)NCC)CC2)c2c3c(sc2n1)C[C@H](C)CC3. The molecule has 0 radical (unpaired) electrons. The zero-order chi connectivity index (χ0) is 19.7. The molecule has 28 heavy (non-hydrogen) atoms. The second kappa shape index (κ2) is 8.23. The maximum atomic E-state index is 12.1. The van der Waals surface area contributed by atoms with Crippen molar-refractivity contribution in [3.63, 3.8) is 0 Å². The summed E-state index contributed by atoms with van der Waals surface area (Å²) in [7, 11) is 0. The lowest BCUT2D eigenvalue weighted by Crippen LogP contribution is -2.52. The van der Waals surface area contributed by atoms with E-state index in [0.717, 1.165) is 63.0 Å². The Morgan fingerprint density at radius 1 is 1.21 bits per heavy atom. The van der Waals surface area contributed by atoms with Crippen LogP contribution in [0.2, 0.25) is 0 Å². The molecular weight excluding hydrogens is 370 g/mol. The second-order valence-electron chi connectivity index (χ2n) is 8.05. The molecular formula is C21H31N5OS. The van der Waals surface area contributed by atoms with E-state index >= 15 is 0 Å². The summed E-state index contributed by atoms with van der Waals surface area (Å²) in [6, 6.07) is 0.0450. The number of hydrogen-bond acceptors (Lipinski definition) is 5. The molecule has 3 heterocycles. The normalized spacial score (nSPS) is 19.8. The number of aromatic nitrogens is 2. The van der Waals surface area contributed by atoms with Gasteiger partial charge in [0.05, 0.1) is 5.39 Å². The van der Waals surface area contributed by atoms with Crippen molar-refractivity contribution in [2.24, 2.45) is 5.92 Å². The van der Waals surface area contributed by atoms with Gasteiger partial charge in [0.15, 0.2) is 0 Å². The van der Waals surface area contributed by atoms with Gasteiger partial charge in [-0.05, 0) is 44.1 Å². The van der Waals surface area contributed by atoms with E-state index in [9.17, 15) is 4.79 Å². The predicted octanol–water partition coefficient (Wildman–Crippen LogP) is 3.62. The van der Waals surface area contributed by atoms with Crippen LogP contribution in [0.15, 0.2) is 0 Å². The Morgan fingerprint density at radius 3 is 2.71 bits per heavy atom. The minimum atomic E-state index is 0.0450. The fourth-order valence-corrected chi connectivity index (χ4v) is 5.71. The van der Waals surface area contributed by atoms with Crippen molar-refractivity contribution in [1.29, 1.82) is 0 Å². The van der Waals surface area contributed by atoms with Gasteiger partial charge in [-0.25, -0.2) is 14.8 Å². The number of hydrogen-bond donors (Lipinski definition) is 1. The van der Waals surface area contributed by atoms with Crippen LogP contribution < -0.4 is 10.2 Å². The smallest absolute Gasteiger partial charge is 0.317 e. The van der Waals surface area contributed by atoms with Gasteiger partial charge in [0.25, 0.3) is 0 Å². The first-order valence-corrected chi connectivity index (χ1v) is 11.5. The Balaban J connectivity index is 1.67. The van der Waals surface area contributed by atoms with Crippen LogP contribution in [0, 0.1) is 5.92 Å². The fraction of sp³-hybridized carbons (Fsp3) is 0.667. The predicted molar refractivity (Wildman–Crippen MR) is 115 cm³/mol. The van der Waals surface area contributed by atoms with E-state index in [-0.39, 0.29) is 6.03 Å². The fourth-order valence-electron chi connectivity index (χ4n) is 4.31. The third kappa shape index (κ3) is 3.69. The van der Waals surface area contributed by atoms with Crippen LogP contribution in [-0.2, 0) is 19.3 Å². The van der Waals surface area contributed by atoms with Crippen LogP contribution in [0.3, 0.4) is 0 Å². The standard InChI is InChI=1S/C21H31N5OS/c1-4-6-17-23-19(25-9-11-26(12-10-25)21(27)22-5-2)18-15-8-7-14(3)13-16(15)28-20(18)24-17/h14H,4-13H2,1-3H3,(H,22,27)/t14-/m1/s1. The first kappa shape index (κ1) is 19.4. The molecule has 6 nitrogen and oxygen atoms in total. The summed E-state index contributed by atoms with van der Waals surface area (Å²) in [4.78, 5) is 29.1. The van der Waals surface area contributed by atoms with Crippen LogP contribution in [0.5, 0.6) is 0 Å². The number of rotatable bonds is 4. The lowest BCUT2D eigenvalue weighted by atomic mass is 9.89. The lowest BCUT2D eigenvalue weighted by Gasteiger charge is -2.36. The van der Waals surface area contributed by atoms with Crippen LogP contribution in [0.25, 0.3) is 10.2 Å². The van der Waals surface area contributed by atoms with Gasteiger partial charge in [0.1, 0.15) is 16.5 Å². The zero-order valence-corrected chi connectivity index (χ0v) is 18.1. The molecule has 2 aromatic heterocycles. The zero-order valence-electron chi connectivity index (χ0n) is 17.3. The Hall–Kier alpha value is -1.89. The highest BCUT2D eigenvalue weighted by atomic mass is 32.1. The van der Waals surface area contributed by atoms with E-state index in [1.54, 1.807) is 0 Å². The summed E-state index contributed by atoms with van der Waals surface area (Å²) < 4.78 is 0. The molecule has 1 N–H and O–H groups in total. The second-order valence-corrected chi connectivity index (χ2v) is 9.14. The topological polar surface area (TPSA) is 61.4 Å². The summed E-state index contributed by atoms with van der Waals surface area (Å²) >= 11 is 1.88. The van der Waals surface area contributed by atoms with Crippen LogP contribution in [0.1, 0.15) is 49.9 Å². The number of anilines is 1. The van der Waals surface area contributed by atoms with Crippen molar-refractivity contribution in [3.8, 4) is 0 Å². The molecule has 2 amide bonds. The molecule has 0 aromatic carbocycles. The van der Waals surface area contributed by atoms with Crippen molar-refractivity contribution in [1.82, 2.24) is 20.2 Å². The molecule has 1 fully saturated rings. The van der Waals surface area contributed by atoms with Crippen LogP contribution >= 0.6 is 11.3 Å². The highest BCUT2D eigenvalue weighted by molar-refractivity contribution is 7.19. The number of nitrogens with one attached hydrogen (secondary N) is 1. The monoisotopic (exact) mass is 401 g/mol. The number of urea groups is 1. The molecule has 2 aliphatic rings. The van der Waals surface area contributed by atoms with Crippen LogP contribution in [-0.4, -0.2) is 53.6 Å². The van der Waals surface area contributed by atoms with Crippen molar-refractivity contribution in [3.05, 3.63) is 16.3 Å². The molecule has 2 aromatic rings. The first-order chi connectivity index (χ1) is 13.6. The van der Waals surface area contributed by atoms with E-state index in [4.69, 9.17) is 9.97 Å². The molecule has 1 atom stereocenters. The van der Waals surface area contributed by atoms with E-state index in [1.807, 2.05) is 23.2 Å². The third-order valence-corrected chi connectivity index (χ3v) is 7.00. The summed E-state index contributed by atoms with van der Waals surface area (Å²) in [5.41, 5.74) is 1.49. The summed E-state index contributed by atoms with van der Waals surface area (Å²) in [5, 5.41) is 4.20. The number of carbonyl (C=O) groups excluding carboxylic acids is 1. The van der Waals surface area contributed by atoms with Gasteiger partial charge in [-0.2, -0.15) is 0 Å². The largest absolute Gasteiger partial charge is 0.352 e. The quantitative estimate of drug-likeness (QED) is 0.850. The van der Waals surface area contributed by atoms with Gasteiger partial charge in [0, 0.05) is 44.0 Å². The average Bonchev–Trinajstić information content (AvgIpc) is 3.05. The number of carbonyl (C=O) groups is 1. The Labute approximate surface area is 171 Å². The molecule has 1 aliphatic carbocycles. The van der Waals surface area contributed by atoms with Gasteiger partial charge < -0.3 is 15.1 Å². The molecule has 4 rings (SSSR count). The Morgan fingerprint density at radius 2 is 2.00 bits per heavy atom. The molecule has 152 valence electrons. The van der Waals surface area contributed by atoms with Crippen molar-refractivity contribution >= 4 is 33.4 Å². The molecule has 0 spiro atoms. The first-order valence-electron chi connectivity index (χ1n) is 10.7. The Kier molecular flexibility index (Phi) is 5.71. The van der Waals surface area contributed by atoms with Gasteiger partial charge in [-0.1, -0.05) is 13.8 Å². The highest BCUT2D eigenvalue weighted by Crippen LogP contribution is 2.41. The Bertz CT molecular complexity index is 856. The van der Waals surface area contributed by atoms with Crippen molar-refractivity contribution in [2.75, 3.05) is 37.6 Å². The number of thiophene rings is 1.